The molecular formula is C10H19Br. The van der Waals surface area contributed by atoms with E-state index < -0.39 is 0 Å². The Morgan fingerprint density at radius 2 is 1.55 bits per heavy atom. The quantitative estimate of drug-likeness (QED) is 0.588. The highest BCUT2D eigenvalue weighted by molar-refractivity contribution is 9.09. The lowest BCUT2D eigenvalue weighted by Crippen LogP contribution is -2.24. The molecule has 0 N–H and O–H groups in total. The first kappa shape index (κ1) is 9.57. The van der Waals surface area contributed by atoms with Crippen molar-refractivity contribution in [1.29, 1.82) is 0 Å². The first-order chi connectivity index (χ1) is 5.09. The molecular weight excluding hydrogens is 200 g/mol. The van der Waals surface area contributed by atoms with E-state index >= 15 is 0 Å². The molecule has 1 fully saturated rings. The van der Waals surface area contributed by atoms with Crippen LogP contribution in [0.1, 0.15) is 40.0 Å². The van der Waals surface area contributed by atoms with Crippen LogP contribution < -0.4 is 0 Å². The van der Waals surface area contributed by atoms with E-state index in [-0.39, 0.29) is 0 Å². The van der Waals surface area contributed by atoms with Crippen molar-refractivity contribution in [2.75, 3.05) is 0 Å². The van der Waals surface area contributed by atoms with Crippen molar-refractivity contribution < 1.29 is 0 Å². The first-order valence-electron chi connectivity index (χ1n) is 4.73. The SMILES string of the molecule is CC1CC(C)CC(C(C)Br)C1. The van der Waals surface area contributed by atoms with Gasteiger partial charge in [-0.3, -0.25) is 0 Å². The molecule has 0 spiro atoms. The predicted molar refractivity (Wildman–Crippen MR) is 54.1 cm³/mol. The zero-order valence-electron chi connectivity index (χ0n) is 7.81. The van der Waals surface area contributed by atoms with Gasteiger partial charge < -0.3 is 0 Å². The van der Waals surface area contributed by atoms with Gasteiger partial charge in [0, 0.05) is 4.83 Å². The fraction of sp³-hybridized carbons (Fsp3) is 1.00. The number of hydrogen-bond donors (Lipinski definition) is 0. The standard InChI is InChI=1S/C10H19Br/c1-7-4-8(2)6-10(5-7)9(3)11/h7-10H,4-6H2,1-3H3. The second-order valence-corrected chi connectivity index (χ2v) is 5.80. The molecule has 0 nitrogen and oxygen atoms in total. The van der Waals surface area contributed by atoms with E-state index in [4.69, 9.17) is 0 Å². The number of alkyl halides is 1. The average molecular weight is 219 g/mol. The van der Waals surface area contributed by atoms with Crippen molar-refractivity contribution in [2.24, 2.45) is 17.8 Å². The summed E-state index contributed by atoms with van der Waals surface area (Å²) in [5.74, 6) is 2.82. The molecule has 1 heteroatoms. The third-order valence-corrected chi connectivity index (χ3v) is 3.61. The van der Waals surface area contributed by atoms with Crippen LogP contribution in [0.2, 0.25) is 0 Å². The van der Waals surface area contributed by atoms with Crippen molar-refractivity contribution in [3.05, 3.63) is 0 Å². The Bertz CT molecular complexity index is 110. The van der Waals surface area contributed by atoms with E-state index in [9.17, 15) is 0 Å². The molecule has 1 rings (SSSR count). The number of rotatable bonds is 1. The van der Waals surface area contributed by atoms with Crippen LogP contribution in [-0.2, 0) is 0 Å². The van der Waals surface area contributed by atoms with Gasteiger partial charge in [-0.2, -0.15) is 0 Å². The molecule has 0 bridgehead atoms. The molecule has 0 radical (unpaired) electrons. The summed E-state index contributed by atoms with van der Waals surface area (Å²) in [6, 6.07) is 0. The van der Waals surface area contributed by atoms with Crippen LogP contribution in [0, 0.1) is 17.8 Å². The largest absolute Gasteiger partial charge is 0.0891 e. The summed E-state index contributed by atoms with van der Waals surface area (Å²) in [6.45, 7) is 7.06. The predicted octanol–water partition coefficient (Wildman–Crippen LogP) is 3.84. The maximum Gasteiger partial charge on any atom is 0.0146 e. The lowest BCUT2D eigenvalue weighted by atomic mass is 9.76. The molecule has 0 aromatic heterocycles. The Balaban J connectivity index is 2.43. The van der Waals surface area contributed by atoms with Gasteiger partial charge in [0.05, 0.1) is 0 Å². The van der Waals surface area contributed by atoms with Crippen LogP contribution in [0.3, 0.4) is 0 Å². The van der Waals surface area contributed by atoms with E-state index in [0.29, 0.717) is 4.83 Å². The van der Waals surface area contributed by atoms with Gasteiger partial charge in [-0.05, 0) is 37.0 Å². The lowest BCUT2D eigenvalue weighted by Gasteiger charge is -2.33. The third-order valence-electron chi connectivity index (χ3n) is 2.86. The molecule has 66 valence electrons. The normalized spacial score (nSPS) is 42.0. The van der Waals surface area contributed by atoms with E-state index in [0.717, 1.165) is 17.8 Å². The number of hydrogen-bond acceptors (Lipinski definition) is 0. The van der Waals surface area contributed by atoms with Gasteiger partial charge in [-0.25, -0.2) is 0 Å². The Morgan fingerprint density at radius 3 is 1.91 bits per heavy atom. The molecule has 0 amide bonds. The molecule has 1 aliphatic carbocycles. The highest BCUT2D eigenvalue weighted by atomic mass is 79.9. The van der Waals surface area contributed by atoms with Crippen LogP contribution in [0.5, 0.6) is 0 Å². The molecule has 3 atom stereocenters. The fourth-order valence-electron chi connectivity index (χ4n) is 2.38. The maximum atomic E-state index is 3.69. The molecule has 1 saturated carbocycles. The summed E-state index contributed by atoms with van der Waals surface area (Å²) < 4.78 is 0. The highest BCUT2D eigenvalue weighted by Crippen LogP contribution is 2.36. The molecule has 0 aliphatic heterocycles. The van der Waals surface area contributed by atoms with Gasteiger partial charge >= 0.3 is 0 Å². The molecule has 3 unspecified atom stereocenters. The summed E-state index contributed by atoms with van der Waals surface area (Å²) in [5, 5.41) is 0. The molecule has 0 saturated heterocycles. The van der Waals surface area contributed by atoms with Gasteiger partial charge in [-0.1, -0.05) is 36.7 Å². The molecule has 1 aliphatic rings. The lowest BCUT2D eigenvalue weighted by molar-refractivity contribution is 0.220. The Hall–Kier alpha value is 0.480. The number of halogens is 1. The minimum atomic E-state index is 0.715. The smallest absolute Gasteiger partial charge is 0.0146 e. The monoisotopic (exact) mass is 218 g/mol. The van der Waals surface area contributed by atoms with Gasteiger partial charge in [0.1, 0.15) is 0 Å². The Labute approximate surface area is 78.9 Å². The van der Waals surface area contributed by atoms with Crippen molar-refractivity contribution >= 4 is 15.9 Å². The second kappa shape index (κ2) is 3.93. The minimum Gasteiger partial charge on any atom is -0.0891 e. The summed E-state index contributed by atoms with van der Waals surface area (Å²) in [7, 11) is 0. The van der Waals surface area contributed by atoms with Gasteiger partial charge in [0.25, 0.3) is 0 Å². The van der Waals surface area contributed by atoms with Crippen LogP contribution in [0.15, 0.2) is 0 Å². The molecule has 11 heavy (non-hydrogen) atoms. The molecule has 0 heterocycles. The van der Waals surface area contributed by atoms with Crippen LogP contribution in [0.25, 0.3) is 0 Å². The first-order valence-corrected chi connectivity index (χ1v) is 5.65. The van der Waals surface area contributed by atoms with Crippen molar-refractivity contribution in [2.45, 2.75) is 44.9 Å². The summed E-state index contributed by atoms with van der Waals surface area (Å²) in [6.07, 6.45) is 4.30. The minimum absolute atomic E-state index is 0.715. The fourth-order valence-corrected chi connectivity index (χ4v) is 2.82. The summed E-state index contributed by atoms with van der Waals surface area (Å²) >= 11 is 3.69. The Kier molecular flexibility index (Phi) is 3.42. The van der Waals surface area contributed by atoms with Gasteiger partial charge in [-0.15, -0.1) is 0 Å². The zero-order chi connectivity index (χ0) is 8.43. The summed E-state index contributed by atoms with van der Waals surface area (Å²) in [4.78, 5) is 0.715. The summed E-state index contributed by atoms with van der Waals surface area (Å²) in [5.41, 5.74) is 0. The van der Waals surface area contributed by atoms with Crippen LogP contribution in [0.4, 0.5) is 0 Å². The molecule has 0 aromatic carbocycles. The van der Waals surface area contributed by atoms with E-state index in [1.54, 1.807) is 0 Å². The van der Waals surface area contributed by atoms with Crippen molar-refractivity contribution in [3.63, 3.8) is 0 Å². The molecule has 0 aromatic rings. The highest BCUT2D eigenvalue weighted by Gasteiger charge is 2.26. The van der Waals surface area contributed by atoms with Crippen molar-refractivity contribution in [1.82, 2.24) is 0 Å². The van der Waals surface area contributed by atoms with Gasteiger partial charge in [0.15, 0.2) is 0 Å². The van der Waals surface area contributed by atoms with Gasteiger partial charge in [0.2, 0.25) is 0 Å². The second-order valence-electron chi connectivity index (χ2n) is 4.36. The van der Waals surface area contributed by atoms with E-state index in [1.807, 2.05) is 0 Å². The Morgan fingerprint density at radius 1 is 1.09 bits per heavy atom. The maximum absolute atomic E-state index is 3.69. The zero-order valence-corrected chi connectivity index (χ0v) is 9.39. The third kappa shape index (κ3) is 2.77. The average Bonchev–Trinajstić information content (AvgIpc) is 1.85. The van der Waals surface area contributed by atoms with E-state index in [2.05, 4.69) is 36.7 Å². The topological polar surface area (TPSA) is 0 Å². The van der Waals surface area contributed by atoms with Crippen LogP contribution in [-0.4, -0.2) is 4.83 Å². The van der Waals surface area contributed by atoms with Crippen molar-refractivity contribution in [3.8, 4) is 0 Å². The van der Waals surface area contributed by atoms with Crippen LogP contribution >= 0.6 is 15.9 Å². The van der Waals surface area contributed by atoms with E-state index in [1.165, 1.54) is 19.3 Å².